The summed E-state index contributed by atoms with van der Waals surface area (Å²) in [6.45, 7) is 6.78. The molecular formula is C25H40O5. The Hall–Kier alpha value is -0.940. The normalized spacial score (nSPS) is 49.0. The maximum Gasteiger partial charge on any atom is 0.305 e. The Morgan fingerprint density at radius 3 is 2.63 bits per heavy atom. The molecule has 30 heavy (non-hydrogen) atoms. The highest BCUT2D eigenvalue weighted by molar-refractivity contribution is 5.79. The molecule has 0 unspecified atom stereocenters. The van der Waals surface area contributed by atoms with Gasteiger partial charge in [0.25, 0.3) is 0 Å². The lowest BCUT2D eigenvalue weighted by molar-refractivity contribution is -0.201. The summed E-state index contributed by atoms with van der Waals surface area (Å²) in [5.74, 6) is 1.92. The fourth-order valence-corrected chi connectivity index (χ4v) is 8.59. The van der Waals surface area contributed by atoms with Gasteiger partial charge in [-0.05, 0) is 84.9 Å². The van der Waals surface area contributed by atoms with Crippen LogP contribution in [-0.4, -0.2) is 41.3 Å². The minimum atomic E-state index is -0.391. The van der Waals surface area contributed by atoms with E-state index in [4.69, 9.17) is 4.74 Å². The van der Waals surface area contributed by atoms with Crippen LogP contribution < -0.4 is 0 Å². The molecule has 0 heterocycles. The number of aliphatic hydroxyl groups is 2. The van der Waals surface area contributed by atoms with Gasteiger partial charge in [0.15, 0.2) is 0 Å². The zero-order valence-corrected chi connectivity index (χ0v) is 19.1. The van der Waals surface area contributed by atoms with Crippen molar-refractivity contribution in [3.8, 4) is 0 Å². The van der Waals surface area contributed by atoms with E-state index in [2.05, 4.69) is 20.8 Å². The van der Waals surface area contributed by atoms with Crippen LogP contribution in [0.5, 0.6) is 0 Å². The largest absolute Gasteiger partial charge is 0.469 e. The van der Waals surface area contributed by atoms with E-state index < -0.39 is 6.10 Å². The lowest BCUT2D eigenvalue weighted by Gasteiger charge is -2.63. The van der Waals surface area contributed by atoms with Crippen molar-refractivity contribution in [3.63, 3.8) is 0 Å². The van der Waals surface area contributed by atoms with Crippen LogP contribution in [0.15, 0.2) is 0 Å². The molecule has 0 spiro atoms. The van der Waals surface area contributed by atoms with Gasteiger partial charge in [-0.15, -0.1) is 0 Å². The average Bonchev–Trinajstić information content (AvgIpc) is 3.06. The highest BCUT2D eigenvalue weighted by atomic mass is 16.5. The van der Waals surface area contributed by atoms with Gasteiger partial charge < -0.3 is 14.9 Å². The van der Waals surface area contributed by atoms with Crippen molar-refractivity contribution in [1.29, 1.82) is 0 Å². The highest BCUT2D eigenvalue weighted by Gasteiger charge is 2.65. The second kappa shape index (κ2) is 7.88. The van der Waals surface area contributed by atoms with E-state index >= 15 is 0 Å². The number of ketones is 1. The van der Waals surface area contributed by atoms with Crippen LogP contribution in [0.25, 0.3) is 0 Å². The first-order chi connectivity index (χ1) is 14.1. The Balaban J connectivity index is 1.58. The van der Waals surface area contributed by atoms with Gasteiger partial charge >= 0.3 is 5.97 Å². The summed E-state index contributed by atoms with van der Waals surface area (Å²) in [6, 6.07) is 0. The van der Waals surface area contributed by atoms with Gasteiger partial charge in [0.1, 0.15) is 5.78 Å². The quantitative estimate of drug-likeness (QED) is 0.677. The van der Waals surface area contributed by atoms with Gasteiger partial charge in [-0.1, -0.05) is 20.8 Å². The fraction of sp³-hybridized carbons (Fsp3) is 0.920. The average molecular weight is 421 g/mol. The SMILES string of the molecule is COC(=O)CC[C@@H](C)[C@H]1CC[C@H]2[C@@H]3[C@H](O)C[C@H]4CC(=O)CC[C@]4(C)[C@H]3C[C@H](O)[C@]12C. The summed E-state index contributed by atoms with van der Waals surface area (Å²) < 4.78 is 4.82. The van der Waals surface area contributed by atoms with E-state index in [1.54, 1.807) is 0 Å². The predicted octanol–water partition coefficient (Wildman–Crippen LogP) is 3.75. The van der Waals surface area contributed by atoms with Crippen LogP contribution >= 0.6 is 0 Å². The Labute approximate surface area is 180 Å². The van der Waals surface area contributed by atoms with Crippen LogP contribution in [0, 0.1) is 46.3 Å². The number of ether oxygens (including phenoxy) is 1. The Bertz CT molecular complexity index is 691. The van der Waals surface area contributed by atoms with Crippen LogP contribution in [0.1, 0.15) is 78.6 Å². The molecule has 0 saturated heterocycles. The molecule has 0 bridgehead atoms. The first-order valence-corrected chi connectivity index (χ1v) is 12.1. The Morgan fingerprint density at radius 1 is 1.20 bits per heavy atom. The predicted molar refractivity (Wildman–Crippen MR) is 113 cm³/mol. The van der Waals surface area contributed by atoms with E-state index in [0.717, 1.165) is 38.5 Å². The zero-order chi connectivity index (χ0) is 21.8. The maximum absolute atomic E-state index is 12.1. The third-order valence-corrected chi connectivity index (χ3v) is 10.4. The van der Waals surface area contributed by atoms with Crippen molar-refractivity contribution < 1.29 is 24.5 Å². The van der Waals surface area contributed by atoms with Crippen LogP contribution in [0.4, 0.5) is 0 Å². The first-order valence-electron chi connectivity index (χ1n) is 12.1. The van der Waals surface area contributed by atoms with Gasteiger partial charge in [-0.25, -0.2) is 0 Å². The van der Waals surface area contributed by atoms with Gasteiger partial charge in [0, 0.05) is 19.3 Å². The molecule has 4 fully saturated rings. The first kappa shape index (κ1) is 22.3. The molecule has 0 amide bonds. The Morgan fingerprint density at radius 2 is 1.93 bits per heavy atom. The minimum absolute atomic E-state index is 0.0503. The molecule has 4 aliphatic carbocycles. The lowest BCUT2D eigenvalue weighted by atomic mass is 9.43. The lowest BCUT2D eigenvalue weighted by Crippen LogP contribution is -2.62. The van der Waals surface area contributed by atoms with E-state index in [1.165, 1.54) is 7.11 Å². The highest BCUT2D eigenvalue weighted by Crippen LogP contribution is 2.68. The number of methoxy groups -OCH3 is 1. The molecule has 0 aromatic rings. The fourth-order valence-electron chi connectivity index (χ4n) is 8.59. The van der Waals surface area contributed by atoms with E-state index in [1.807, 2.05) is 0 Å². The van der Waals surface area contributed by atoms with Gasteiger partial charge in [0.05, 0.1) is 19.3 Å². The topological polar surface area (TPSA) is 83.8 Å². The molecule has 0 aliphatic heterocycles. The van der Waals surface area contributed by atoms with Crippen molar-refractivity contribution in [3.05, 3.63) is 0 Å². The Kier molecular flexibility index (Phi) is 5.85. The molecule has 4 aliphatic rings. The number of hydrogen-bond acceptors (Lipinski definition) is 5. The van der Waals surface area contributed by atoms with Gasteiger partial charge in [0.2, 0.25) is 0 Å². The summed E-state index contributed by atoms with van der Waals surface area (Å²) >= 11 is 0. The molecule has 4 rings (SSSR count). The summed E-state index contributed by atoms with van der Waals surface area (Å²) in [7, 11) is 1.43. The minimum Gasteiger partial charge on any atom is -0.469 e. The molecule has 0 radical (unpaired) electrons. The summed E-state index contributed by atoms with van der Waals surface area (Å²) in [5, 5.41) is 22.8. The van der Waals surface area contributed by atoms with E-state index in [-0.39, 0.29) is 40.7 Å². The molecule has 0 aromatic heterocycles. The number of fused-ring (bicyclic) bond motifs is 5. The number of Topliss-reactive ketones (excluding diaryl/α,β-unsaturated/α-hetero) is 1. The summed E-state index contributed by atoms with van der Waals surface area (Å²) in [4.78, 5) is 23.8. The monoisotopic (exact) mass is 420 g/mol. The molecule has 5 heteroatoms. The van der Waals surface area contributed by atoms with Crippen molar-refractivity contribution in [2.45, 2.75) is 90.8 Å². The van der Waals surface area contributed by atoms with Gasteiger partial charge in [-0.2, -0.15) is 0 Å². The number of carbonyl (C=O) groups is 2. The van der Waals surface area contributed by atoms with Crippen LogP contribution in [-0.2, 0) is 14.3 Å². The molecule has 5 nitrogen and oxygen atoms in total. The number of carbonyl (C=O) groups excluding carboxylic acids is 2. The molecule has 170 valence electrons. The second-order valence-electron chi connectivity index (χ2n) is 11.4. The van der Waals surface area contributed by atoms with E-state index in [9.17, 15) is 19.8 Å². The second-order valence-corrected chi connectivity index (χ2v) is 11.4. The standard InChI is InChI=1S/C25H40O5/c1-14(5-8-22(29)30-4)17-6-7-18-23-19(13-21(28)25(17,18)3)24(2)10-9-16(26)11-15(24)12-20(23)27/h14-15,17-21,23,27-28H,5-13H2,1-4H3/t14-,15-,17-,18+,19+,20-,21+,23+,24+,25-/m1/s1. The number of hydrogen-bond donors (Lipinski definition) is 2. The third kappa shape index (κ3) is 3.26. The van der Waals surface area contributed by atoms with Crippen LogP contribution in [0.2, 0.25) is 0 Å². The van der Waals surface area contributed by atoms with Crippen LogP contribution in [0.3, 0.4) is 0 Å². The molecule has 10 atom stereocenters. The molecule has 2 N–H and O–H groups in total. The molecular weight excluding hydrogens is 380 g/mol. The molecule has 4 saturated carbocycles. The number of rotatable bonds is 4. The number of esters is 1. The van der Waals surface area contributed by atoms with Crippen molar-refractivity contribution >= 4 is 11.8 Å². The van der Waals surface area contributed by atoms with E-state index in [0.29, 0.717) is 42.8 Å². The van der Waals surface area contributed by atoms with Crippen molar-refractivity contribution in [2.75, 3.05) is 7.11 Å². The third-order valence-electron chi connectivity index (χ3n) is 10.4. The zero-order valence-electron chi connectivity index (χ0n) is 19.1. The van der Waals surface area contributed by atoms with Crippen molar-refractivity contribution in [1.82, 2.24) is 0 Å². The maximum atomic E-state index is 12.1. The summed E-state index contributed by atoms with van der Waals surface area (Å²) in [6.07, 6.45) is 6.15. The summed E-state index contributed by atoms with van der Waals surface area (Å²) in [5.41, 5.74) is -0.167. The number of aliphatic hydroxyl groups excluding tert-OH is 2. The van der Waals surface area contributed by atoms with Crippen molar-refractivity contribution in [2.24, 2.45) is 46.3 Å². The molecule has 0 aromatic carbocycles. The smallest absolute Gasteiger partial charge is 0.305 e. The van der Waals surface area contributed by atoms with Gasteiger partial charge in [-0.3, -0.25) is 9.59 Å².